The molecule has 0 fully saturated rings. The quantitative estimate of drug-likeness (QED) is 0.777. The van der Waals surface area contributed by atoms with E-state index in [1.54, 1.807) is 24.3 Å². The van der Waals surface area contributed by atoms with E-state index < -0.39 is 6.04 Å². The number of carbonyl (C=O) groups is 2. The second-order valence-corrected chi connectivity index (χ2v) is 6.13. The van der Waals surface area contributed by atoms with Crippen LogP contribution in [0.1, 0.15) is 44.5 Å². The number of nitrogens with one attached hydrogen (secondary N) is 2. The molecule has 1 aromatic carbocycles. The number of rotatable bonds is 5. The summed E-state index contributed by atoms with van der Waals surface area (Å²) < 4.78 is 0. The average molecular weight is 291 g/mol. The lowest BCUT2D eigenvalue weighted by atomic mass is 9.87. The first kappa shape index (κ1) is 17.2. The van der Waals surface area contributed by atoms with Crippen molar-refractivity contribution in [1.29, 1.82) is 0 Å². The summed E-state index contributed by atoms with van der Waals surface area (Å²) in [7, 11) is 0. The van der Waals surface area contributed by atoms with Gasteiger partial charge < -0.3 is 16.4 Å². The summed E-state index contributed by atoms with van der Waals surface area (Å²) in [5.41, 5.74) is 6.52. The van der Waals surface area contributed by atoms with Crippen LogP contribution in [0.5, 0.6) is 0 Å². The average Bonchev–Trinajstić information content (AvgIpc) is 2.43. The molecule has 21 heavy (non-hydrogen) atoms. The highest BCUT2D eigenvalue weighted by molar-refractivity contribution is 6.04. The minimum atomic E-state index is -0.649. The predicted molar refractivity (Wildman–Crippen MR) is 85.1 cm³/mol. The van der Waals surface area contributed by atoms with Crippen LogP contribution in [0.15, 0.2) is 24.3 Å². The van der Waals surface area contributed by atoms with Gasteiger partial charge in [-0.25, -0.2) is 0 Å². The lowest BCUT2D eigenvalue weighted by Crippen LogP contribution is -2.45. The molecule has 1 atom stereocenters. The molecule has 1 aromatic rings. The Morgan fingerprint density at radius 3 is 2.43 bits per heavy atom. The normalized spacial score (nSPS) is 12.6. The molecule has 116 valence electrons. The van der Waals surface area contributed by atoms with Gasteiger partial charge in [0.25, 0.3) is 5.91 Å². The lowest BCUT2D eigenvalue weighted by Gasteiger charge is -2.26. The van der Waals surface area contributed by atoms with Crippen LogP contribution < -0.4 is 16.4 Å². The SMILES string of the molecule is CCCNC(=O)c1ccccc1NC(=O)[C@H](N)C(C)(C)C. The molecule has 5 heteroatoms. The van der Waals surface area contributed by atoms with Gasteiger partial charge in [0.1, 0.15) is 0 Å². The monoisotopic (exact) mass is 291 g/mol. The highest BCUT2D eigenvalue weighted by Gasteiger charge is 2.28. The maximum Gasteiger partial charge on any atom is 0.253 e. The molecule has 0 aromatic heterocycles. The number of amides is 2. The highest BCUT2D eigenvalue weighted by Crippen LogP contribution is 2.20. The molecule has 0 spiro atoms. The van der Waals surface area contributed by atoms with Crippen LogP contribution in [0.3, 0.4) is 0 Å². The van der Waals surface area contributed by atoms with E-state index in [1.807, 2.05) is 27.7 Å². The third-order valence-electron chi connectivity index (χ3n) is 3.18. The first-order chi connectivity index (χ1) is 9.77. The molecule has 0 saturated carbocycles. The van der Waals surface area contributed by atoms with Crippen LogP contribution in [-0.2, 0) is 4.79 Å². The highest BCUT2D eigenvalue weighted by atomic mass is 16.2. The maximum absolute atomic E-state index is 12.2. The standard InChI is InChI=1S/C16H25N3O2/c1-5-10-18-14(20)11-8-6-7-9-12(11)19-15(21)13(17)16(2,3)4/h6-9,13H,5,10,17H2,1-4H3,(H,18,20)(H,19,21)/t13-/m0/s1. The van der Waals surface area contributed by atoms with E-state index in [2.05, 4.69) is 10.6 Å². The molecule has 5 nitrogen and oxygen atoms in total. The van der Waals surface area contributed by atoms with Gasteiger partial charge in [-0.1, -0.05) is 39.8 Å². The lowest BCUT2D eigenvalue weighted by molar-refractivity contribution is -0.119. The van der Waals surface area contributed by atoms with Crippen LogP contribution in [0.25, 0.3) is 0 Å². The molecule has 2 amide bonds. The summed E-state index contributed by atoms with van der Waals surface area (Å²) in [4.78, 5) is 24.3. The molecule has 0 bridgehead atoms. The van der Waals surface area contributed by atoms with Gasteiger partial charge in [0, 0.05) is 6.54 Å². The first-order valence-corrected chi connectivity index (χ1v) is 7.21. The second-order valence-electron chi connectivity index (χ2n) is 6.13. The van der Waals surface area contributed by atoms with E-state index in [4.69, 9.17) is 5.73 Å². The van der Waals surface area contributed by atoms with Crippen LogP contribution in [0.4, 0.5) is 5.69 Å². The van der Waals surface area contributed by atoms with Gasteiger partial charge in [0.2, 0.25) is 5.91 Å². The topological polar surface area (TPSA) is 84.2 Å². The Hall–Kier alpha value is -1.88. The van der Waals surface area contributed by atoms with Crippen LogP contribution in [0.2, 0.25) is 0 Å². The van der Waals surface area contributed by atoms with E-state index in [0.29, 0.717) is 17.8 Å². The van der Waals surface area contributed by atoms with Gasteiger partial charge in [-0.15, -0.1) is 0 Å². The van der Waals surface area contributed by atoms with Crippen molar-refractivity contribution in [2.75, 3.05) is 11.9 Å². The summed E-state index contributed by atoms with van der Waals surface area (Å²) in [6.45, 7) is 8.28. The maximum atomic E-state index is 12.2. The van der Waals surface area contributed by atoms with Crippen LogP contribution in [-0.4, -0.2) is 24.4 Å². The van der Waals surface area contributed by atoms with Crippen molar-refractivity contribution in [1.82, 2.24) is 5.32 Å². The van der Waals surface area contributed by atoms with Gasteiger partial charge >= 0.3 is 0 Å². The van der Waals surface area contributed by atoms with Crippen LogP contribution in [0, 0.1) is 5.41 Å². The summed E-state index contributed by atoms with van der Waals surface area (Å²) >= 11 is 0. The van der Waals surface area contributed by atoms with E-state index in [-0.39, 0.29) is 17.2 Å². The Balaban J connectivity index is 2.89. The Labute approximate surface area is 126 Å². The number of hydrogen-bond acceptors (Lipinski definition) is 3. The first-order valence-electron chi connectivity index (χ1n) is 7.21. The van der Waals surface area contributed by atoms with Crippen molar-refractivity contribution < 1.29 is 9.59 Å². The smallest absolute Gasteiger partial charge is 0.253 e. The number of nitrogens with two attached hydrogens (primary N) is 1. The third kappa shape index (κ3) is 4.86. The predicted octanol–water partition coefficient (Wildman–Crippen LogP) is 2.14. The van der Waals surface area contributed by atoms with E-state index in [1.165, 1.54) is 0 Å². The Morgan fingerprint density at radius 2 is 1.86 bits per heavy atom. The summed E-state index contributed by atoms with van der Waals surface area (Å²) in [5, 5.41) is 5.55. The molecule has 0 saturated heterocycles. The molecule has 0 heterocycles. The molecule has 0 aliphatic carbocycles. The fraction of sp³-hybridized carbons (Fsp3) is 0.500. The number of carbonyl (C=O) groups excluding carboxylic acids is 2. The minimum Gasteiger partial charge on any atom is -0.352 e. The molecular formula is C16H25N3O2. The Morgan fingerprint density at radius 1 is 1.24 bits per heavy atom. The molecular weight excluding hydrogens is 266 g/mol. The van der Waals surface area contributed by atoms with E-state index >= 15 is 0 Å². The summed E-state index contributed by atoms with van der Waals surface area (Å²) in [5.74, 6) is -0.490. The molecule has 0 aliphatic rings. The second kappa shape index (κ2) is 7.22. The minimum absolute atomic E-state index is 0.197. The third-order valence-corrected chi connectivity index (χ3v) is 3.18. The zero-order valence-corrected chi connectivity index (χ0v) is 13.2. The fourth-order valence-electron chi connectivity index (χ4n) is 1.73. The fourth-order valence-corrected chi connectivity index (χ4v) is 1.73. The Bertz CT molecular complexity index is 506. The number of para-hydroxylation sites is 1. The van der Waals surface area contributed by atoms with Crippen LogP contribution >= 0.6 is 0 Å². The molecule has 4 N–H and O–H groups in total. The van der Waals surface area contributed by atoms with Gasteiger partial charge in [0.05, 0.1) is 17.3 Å². The molecule has 1 rings (SSSR count). The molecule has 0 radical (unpaired) electrons. The van der Waals surface area contributed by atoms with E-state index in [9.17, 15) is 9.59 Å². The number of benzene rings is 1. The van der Waals surface area contributed by atoms with Gasteiger partial charge in [-0.05, 0) is 24.0 Å². The van der Waals surface area contributed by atoms with E-state index in [0.717, 1.165) is 6.42 Å². The Kier molecular flexibility index (Phi) is 5.90. The van der Waals surface area contributed by atoms with Crippen molar-refractivity contribution in [3.05, 3.63) is 29.8 Å². The number of anilines is 1. The van der Waals surface area contributed by atoms with Crippen molar-refractivity contribution in [2.45, 2.75) is 40.2 Å². The van der Waals surface area contributed by atoms with Crippen molar-refractivity contribution in [3.8, 4) is 0 Å². The van der Waals surface area contributed by atoms with Gasteiger partial charge in [-0.2, -0.15) is 0 Å². The van der Waals surface area contributed by atoms with Gasteiger partial charge in [-0.3, -0.25) is 9.59 Å². The van der Waals surface area contributed by atoms with Crippen molar-refractivity contribution in [2.24, 2.45) is 11.1 Å². The zero-order chi connectivity index (χ0) is 16.0. The largest absolute Gasteiger partial charge is 0.352 e. The van der Waals surface area contributed by atoms with Crippen molar-refractivity contribution in [3.63, 3.8) is 0 Å². The molecule has 0 unspecified atom stereocenters. The van der Waals surface area contributed by atoms with Crippen molar-refractivity contribution >= 4 is 17.5 Å². The summed E-state index contributed by atoms with van der Waals surface area (Å²) in [6, 6.07) is 6.27. The zero-order valence-electron chi connectivity index (χ0n) is 13.2. The summed E-state index contributed by atoms with van der Waals surface area (Å²) in [6.07, 6.45) is 0.856. The molecule has 0 aliphatic heterocycles. The van der Waals surface area contributed by atoms with Gasteiger partial charge in [0.15, 0.2) is 0 Å². The number of hydrogen-bond donors (Lipinski definition) is 3.